The molecule has 0 aliphatic rings. The number of halogens is 3. The molecule has 0 aliphatic heterocycles. The van der Waals surface area contributed by atoms with E-state index in [9.17, 15) is 18.0 Å². The Labute approximate surface area is 143 Å². The van der Waals surface area contributed by atoms with Crippen LogP contribution < -0.4 is 10.1 Å². The van der Waals surface area contributed by atoms with E-state index in [1.807, 2.05) is 12.3 Å². The van der Waals surface area contributed by atoms with E-state index in [1.54, 1.807) is 16.9 Å². The first-order chi connectivity index (χ1) is 11.8. The van der Waals surface area contributed by atoms with Gasteiger partial charge in [-0.1, -0.05) is 18.2 Å². The number of aromatic nitrogens is 2. The molecule has 2 amide bonds. The lowest BCUT2D eigenvalue weighted by Gasteiger charge is -2.20. The highest BCUT2D eigenvalue weighted by atomic mass is 19.4. The van der Waals surface area contributed by atoms with Gasteiger partial charge in [-0.15, -0.1) is 13.2 Å². The Morgan fingerprint density at radius 1 is 1.32 bits per heavy atom. The van der Waals surface area contributed by atoms with Crippen LogP contribution in [0, 0.1) is 0 Å². The molecule has 1 heterocycles. The van der Waals surface area contributed by atoms with Gasteiger partial charge < -0.3 is 15.0 Å². The first-order valence-electron chi connectivity index (χ1n) is 7.65. The van der Waals surface area contributed by atoms with Crippen molar-refractivity contribution in [1.82, 2.24) is 20.0 Å². The van der Waals surface area contributed by atoms with Crippen molar-refractivity contribution >= 4 is 6.03 Å². The summed E-state index contributed by atoms with van der Waals surface area (Å²) in [5, 5.41) is 6.77. The Kier molecular flexibility index (Phi) is 6.26. The van der Waals surface area contributed by atoms with Crippen LogP contribution >= 0.6 is 0 Å². The van der Waals surface area contributed by atoms with Crippen LogP contribution in [0.5, 0.6) is 5.75 Å². The average molecular weight is 356 g/mol. The maximum atomic E-state index is 12.4. The number of para-hydroxylation sites is 1. The van der Waals surface area contributed by atoms with Crippen molar-refractivity contribution in [3.8, 4) is 5.75 Å². The Balaban J connectivity index is 1.82. The number of urea groups is 1. The van der Waals surface area contributed by atoms with E-state index < -0.39 is 6.36 Å². The molecule has 0 fully saturated rings. The van der Waals surface area contributed by atoms with E-state index in [0.29, 0.717) is 19.5 Å². The minimum atomic E-state index is -4.77. The number of hydrogen-bond donors (Lipinski definition) is 1. The number of carbonyl (C=O) groups excluding carboxylic acids is 1. The molecular formula is C16H19F3N4O2. The Morgan fingerprint density at radius 3 is 2.76 bits per heavy atom. The zero-order valence-corrected chi connectivity index (χ0v) is 13.7. The molecule has 1 aromatic carbocycles. The number of nitrogens with one attached hydrogen (secondary N) is 1. The second-order valence-electron chi connectivity index (χ2n) is 5.37. The van der Waals surface area contributed by atoms with Crippen LogP contribution in [-0.2, 0) is 13.1 Å². The summed E-state index contributed by atoms with van der Waals surface area (Å²) in [7, 11) is 1.51. The molecule has 136 valence electrons. The van der Waals surface area contributed by atoms with Gasteiger partial charge in [0.05, 0.1) is 6.54 Å². The molecule has 2 aromatic rings. The zero-order chi connectivity index (χ0) is 18.3. The summed E-state index contributed by atoms with van der Waals surface area (Å²) in [6, 6.07) is 7.19. The number of alkyl halides is 3. The molecule has 0 spiro atoms. The lowest BCUT2D eigenvalue weighted by molar-refractivity contribution is -0.275. The van der Waals surface area contributed by atoms with Crippen molar-refractivity contribution < 1.29 is 22.7 Å². The highest BCUT2D eigenvalue weighted by molar-refractivity contribution is 5.73. The average Bonchev–Trinajstić information content (AvgIpc) is 3.05. The Bertz CT molecular complexity index is 674. The van der Waals surface area contributed by atoms with Gasteiger partial charge in [-0.2, -0.15) is 5.10 Å². The summed E-state index contributed by atoms with van der Waals surface area (Å²) in [5.74, 6) is -0.312. The normalized spacial score (nSPS) is 11.2. The summed E-state index contributed by atoms with van der Waals surface area (Å²) in [6.45, 7) is 1.10. The fourth-order valence-electron chi connectivity index (χ4n) is 2.19. The number of benzene rings is 1. The minimum absolute atomic E-state index is 0.00274. The van der Waals surface area contributed by atoms with Gasteiger partial charge in [0, 0.05) is 38.1 Å². The predicted octanol–water partition coefficient (Wildman–Crippen LogP) is 3.01. The van der Waals surface area contributed by atoms with Gasteiger partial charge in [0.1, 0.15) is 5.75 Å². The van der Waals surface area contributed by atoms with Crippen molar-refractivity contribution in [2.24, 2.45) is 0 Å². The first-order valence-corrected chi connectivity index (χ1v) is 7.65. The van der Waals surface area contributed by atoms with Crippen molar-refractivity contribution in [2.45, 2.75) is 25.9 Å². The molecule has 1 N–H and O–H groups in total. The Morgan fingerprint density at radius 2 is 2.08 bits per heavy atom. The molecule has 0 radical (unpaired) electrons. The van der Waals surface area contributed by atoms with Gasteiger partial charge in [-0.25, -0.2) is 4.79 Å². The van der Waals surface area contributed by atoms with E-state index in [2.05, 4.69) is 15.2 Å². The first kappa shape index (κ1) is 18.6. The van der Waals surface area contributed by atoms with E-state index >= 15 is 0 Å². The molecule has 0 saturated heterocycles. The summed E-state index contributed by atoms with van der Waals surface area (Å²) in [6.07, 6.45) is -0.586. The number of ether oxygens (including phenoxy) is 1. The van der Waals surface area contributed by atoms with Crippen molar-refractivity contribution in [2.75, 3.05) is 13.6 Å². The summed E-state index contributed by atoms with van der Waals surface area (Å²) in [4.78, 5) is 13.3. The van der Waals surface area contributed by atoms with E-state index in [0.717, 1.165) is 0 Å². The number of amides is 2. The molecule has 25 heavy (non-hydrogen) atoms. The van der Waals surface area contributed by atoms with Crippen LogP contribution in [0.15, 0.2) is 42.7 Å². The maximum Gasteiger partial charge on any atom is 0.573 e. The van der Waals surface area contributed by atoms with Crippen molar-refractivity contribution in [3.05, 3.63) is 48.3 Å². The third-order valence-corrected chi connectivity index (χ3v) is 3.35. The third-order valence-electron chi connectivity index (χ3n) is 3.35. The lowest BCUT2D eigenvalue weighted by Crippen LogP contribution is -2.37. The van der Waals surface area contributed by atoms with E-state index in [4.69, 9.17) is 0 Å². The molecule has 1 aromatic heterocycles. The fourth-order valence-corrected chi connectivity index (χ4v) is 2.19. The smallest absolute Gasteiger partial charge is 0.405 e. The van der Waals surface area contributed by atoms with Crippen LogP contribution in [0.4, 0.5) is 18.0 Å². The van der Waals surface area contributed by atoms with Crippen LogP contribution in [0.25, 0.3) is 0 Å². The molecule has 6 nitrogen and oxygen atoms in total. The predicted molar refractivity (Wildman–Crippen MR) is 84.8 cm³/mol. The number of hydrogen-bond acceptors (Lipinski definition) is 3. The van der Waals surface area contributed by atoms with Gasteiger partial charge in [0.25, 0.3) is 0 Å². The summed E-state index contributed by atoms with van der Waals surface area (Å²) in [5.41, 5.74) is 0.272. The lowest BCUT2D eigenvalue weighted by atomic mass is 10.2. The van der Waals surface area contributed by atoms with Crippen LogP contribution in [0.3, 0.4) is 0 Å². The highest BCUT2D eigenvalue weighted by Crippen LogP contribution is 2.26. The Hall–Kier alpha value is -2.71. The van der Waals surface area contributed by atoms with Crippen LogP contribution in [-0.4, -0.2) is 40.7 Å². The second-order valence-corrected chi connectivity index (χ2v) is 5.37. The monoisotopic (exact) mass is 356 g/mol. The van der Waals surface area contributed by atoms with Gasteiger partial charge >= 0.3 is 12.4 Å². The highest BCUT2D eigenvalue weighted by Gasteiger charge is 2.32. The second kappa shape index (κ2) is 8.41. The molecule has 0 unspecified atom stereocenters. The molecule has 2 rings (SSSR count). The molecule has 0 saturated carbocycles. The molecule has 0 atom stereocenters. The van der Waals surface area contributed by atoms with E-state index in [-0.39, 0.29) is 23.9 Å². The van der Waals surface area contributed by atoms with Gasteiger partial charge in [-0.3, -0.25) is 4.68 Å². The van der Waals surface area contributed by atoms with Crippen molar-refractivity contribution in [1.29, 1.82) is 0 Å². The summed E-state index contributed by atoms with van der Waals surface area (Å²) >= 11 is 0. The molecule has 9 heteroatoms. The third kappa shape index (κ3) is 6.36. The maximum absolute atomic E-state index is 12.4. The summed E-state index contributed by atoms with van der Waals surface area (Å²) < 4.78 is 43.0. The fraction of sp³-hybridized carbons (Fsp3) is 0.375. The number of carbonyl (C=O) groups is 1. The topological polar surface area (TPSA) is 59.4 Å². The zero-order valence-electron chi connectivity index (χ0n) is 13.7. The van der Waals surface area contributed by atoms with Crippen LogP contribution in [0.2, 0.25) is 0 Å². The van der Waals surface area contributed by atoms with Crippen molar-refractivity contribution in [3.63, 3.8) is 0 Å². The number of aryl methyl sites for hydroxylation is 1. The standard InChI is InChI=1S/C16H19F3N4O2/c1-22(15(24)20-8-4-10-23-11-5-9-21-23)12-13-6-2-3-7-14(13)25-16(17,18)19/h2-3,5-7,9,11H,4,8,10,12H2,1H3,(H,20,24). The largest absolute Gasteiger partial charge is 0.573 e. The number of rotatable bonds is 7. The molecule has 0 aliphatic carbocycles. The number of nitrogens with zero attached hydrogens (tertiary/aromatic N) is 3. The minimum Gasteiger partial charge on any atom is -0.405 e. The van der Waals surface area contributed by atoms with Crippen LogP contribution in [0.1, 0.15) is 12.0 Å². The van der Waals surface area contributed by atoms with Gasteiger partial charge in [0.15, 0.2) is 0 Å². The van der Waals surface area contributed by atoms with Gasteiger partial charge in [0.2, 0.25) is 0 Å². The SMILES string of the molecule is CN(Cc1ccccc1OC(F)(F)F)C(=O)NCCCn1cccn1. The quantitative estimate of drug-likeness (QED) is 0.776. The van der Waals surface area contributed by atoms with Gasteiger partial charge in [-0.05, 0) is 18.6 Å². The molecule has 0 bridgehead atoms. The molecular weight excluding hydrogens is 337 g/mol. The van der Waals surface area contributed by atoms with E-state index in [1.165, 1.54) is 30.1 Å².